The number of benzene rings is 3. The molecule has 0 radical (unpaired) electrons. The summed E-state index contributed by atoms with van der Waals surface area (Å²) in [4.78, 5) is 0. The quantitative estimate of drug-likeness (QED) is 0.452. The van der Waals surface area contributed by atoms with Crippen molar-refractivity contribution < 1.29 is 8.91 Å². The molecule has 0 saturated carbocycles. The minimum Gasteiger partial charge on any atom is -0.355 e. The molecule has 0 N–H and O–H groups in total. The molecular formula is C22H16FNO. The van der Waals surface area contributed by atoms with E-state index in [1.807, 2.05) is 30.3 Å². The molecule has 122 valence electrons. The van der Waals surface area contributed by atoms with Crippen LogP contribution in [-0.4, -0.2) is 5.16 Å². The molecule has 4 aromatic rings. The van der Waals surface area contributed by atoms with Gasteiger partial charge in [-0.15, -0.1) is 0 Å². The Hall–Kier alpha value is -3.20. The van der Waals surface area contributed by atoms with E-state index < -0.39 is 0 Å². The smallest absolute Gasteiger partial charge is 0.175 e. The summed E-state index contributed by atoms with van der Waals surface area (Å²) in [5.41, 5.74) is 5.61. The van der Waals surface area contributed by atoms with Gasteiger partial charge >= 0.3 is 0 Å². The lowest BCUT2D eigenvalue weighted by molar-refractivity contribution is 0.435. The van der Waals surface area contributed by atoms with Gasteiger partial charge in [-0.1, -0.05) is 65.3 Å². The first-order valence-electron chi connectivity index (χ1n) is 8.10. The fraction of sp³-hybridized carbons (Fsp3) is 0.0455. The average molecular weight is 329 g/mol. The molecule has 0 saturated heterocycles. The van der Waals surface area contributed by atoms with Crippen molar-refractivity contribution in [3.8, 4) is 33.7 Å². The predicted molar refractivity (Wildman–Crippen MR) is 97.5 cm³/mol. The number of hydrogen-bond donors (Lipinski definition) is 0. The minimum atomic E-state index is -0.271. The molecule has 4 rings (SSSR count). The number of rotatable bonds is 3. The number of aromatic nitrogens is 1. The second kappa shape index (κ2) is 6.36. The summed E-state index contributed by atoms with van der Waals surface area (Å²) < 4.78 is 19.0. The molecule has 0 atom stereocenters. The molecule has 0 bridgehead atoms. The molecule has 0 aliphatic heterocycles. The largest absolute Gasteiger partial charge is 0.355 e. The molecule has 0 fully saturated rings. The van der Waals surface area contributed by atoms with Crippen molar-refractivity contribution in [1.29, 1.82) is 0 Å². The standard InChI is InChI=1S/C22H16FNO/c1-15-7-9-16(10-8-15)20-21(17-11-13-19(23)14-12-17)24-25-22(20)18-5-3-2-4-6-18/h2-14H,1H3. The first-order valence-corrected chi connectivity index (χ1v) is 8.10. The number of hydrogen-bond acceptors (Lipinski definition) is 2. The van der Waals surface area contributed by atoms with Gasteiger partial charge in [0.05, 0.1) is 5.56 Å². The zero-order valence-electron chi connectivity index (χ0n) is 13.7. The van der Waals surface area contributed by atoms with E-state index in [1.54, 1.807) is 12.1 Å². The molecule has 3 heteroatoms. The van der Waals surface area contributed by atoms with Crippen LogP contribution < -0.4 is 0 Å². The van der Waals surface area contributed by atoms with Crippen molar-refractivity contribution in [2.45, 2.75) is 6.92 Å². The Morgan fingerprint density at radius 3 is 2.04 bits per heavy atom. The Morgan fingerprint density at radius 1 is 0.720 bits per heavy atom. The van der Waals surface area contributed by atoms with Crippen LogP contribution in [0.25, 0.3) is 33.7 Å². The van der Waals surface area contributed by atoms with E-state index in [2.05, 4.69) is 36.3 Å². The summed E-state index contributed by atoms with van der Waals surface area (Å²) in [6.45, 7) is 2.05. The highest BCUT2D eigenvalue weighted by Gasteiger charge is 2.20. The monoisotopic (exact) mass is 329 g/mol. The maximum absolute atomic E-state index is 13.3. The molecule has 1 aromatic heterocycles. The topological polar surface area (TPSA) is 26.0 Å². The van der Waals surface area contributed by atoms with Crippen molar-refractivity contribution in [2.75, 3.05) is 0 Å². The van der Waals surface area contributed by atoms with Crippen LogP contribution in [0, 0.1) is 12.7 Å². The highest BCUT2D eigenvalue weighted by Crippen LogP contribution is 2.39. The molecule has 2 nitrogen and oxygen atoms in total. The van der Waals surface area contributed by atoms with E-state index in [0.29, 0.717) is 11.5 Å². The van der Waals surface area contributed by atoms with Crippen LogP contribution in [-0.2, 0) is 0 Å². The lowest BCUT2D eigenvalue weighted by Crippen LogP contribution is -1.86. The fourth-order valence-corrected chi connectivity index (χ4v) is 2.87. The molecule has 25 heavy (non-hydrogen) atoms. The summed E-state index contributed by atoms with van der Waals surface area (Å²) in [5.74, 6) is 0.441. The van der Waals surface area contributed by atoms with Gasteiger partial charge in [0.25, 0.3) is 0 Å². The lowest BCUT2D eigenvalue weighted by Gasteiger charge is -2.06. The third-order valence-electron chi connectivity index (χ3n) is 4.19. The van der Waals surface area contributed by atoms with Crippen molar-refractivity contribution in [3.05, 3.63) is 90.2 Å². The highest BCUT2D eigenvalue weighted by molar-refractivity contribution is 5.90. The Bertz CT molecular complexity index is 987. The number of aryl methyl sites for hydroxylation is 1. The zero-order chi connectivity index (χ0) is 17.2. The molecule has 0 unspecified atom stereocenters. The third kappa shape index (κ3) is 2.96. The number of halogens is 1. The molecule has 0 amide bonds. The zero-order valence-corrected chi connectivity index (χ0v) is 13.7. The van der Waals surface area contributed by atoms with Gasteiger partial charge in [-0.2, -0.15) is 0 Å². The van der Waals surface area contributed by atoms with Gasteiger partial charge in [0, 0.05) is 11.1 Å². The Morgan fingerprint density at radius 2 is 1.36 bits per heavy atom. The van der Waals surface area contributed by atoms with Crippen LogP contribution in [0.15, 0.2) is 83.4 Å². The fourth-order valence-electron chi connectivity index (χ4n) is 2.87. The van der Waals surface area contributed by atoms with Crippen LogP contribution in [0.2, 0.25) is 0 Å². The van der Waals surface area contributed by atoms with Crippen LogP contribution in [0.4, 0.5) is 4.39 Å². The van der Waals surface area contributed by atoms with Crippen molar-refractivity contribution in [3.63, 3.8) is 0 Å². The summed E-state index contributed by atoms with van der Waals surface area (Å²) in [6.07, 6.45) is 0. The van der Waals surface area contributed by atoms with Crippen LogP contribution >= 0.6 is 0 Å². The molecule has 0 aliphatic rings. The normalized spacial score (nSPS) is 10.8. The molecular weight excluding hydrogens is 313 g/mol. The lowest BCUT2D eigenvalue weighted by atomic mass is 9.96. The Kier molecular flexibility index (Phi) is 3.90. The third-order valence-corrected chi connectivity index (χ3v) is 4.19. The number of nitrogens with zero attached hydrogens (tertiary/aromatic N) is 1. The summed E-state index contributed by atoms with van der Waals surface area (Å²) in [7, 11) is 0. The van der Waals surface area contributed by atoms with Crippen LogP contribution in [0.3, 0.4) is 0 Å². The van der Waals surface area contributed by atoms with Gasteiger partial charge in [0.1, 0.15) is 11.5 Å². The molecule has 0 spiro atoms. The van der Waals surface area contributed by atoms with Crippen LogP contribution in [0.1, 0.15) is 5.56 Å². The van der Waals surface area contributed by atoms with E-state index in [9.17, 15) is 4.39 Å². The molecule has 1 heterocycles. The summed E-state index contributed by atoms with van der Waals surface area (Å²) in [6, 6.07) is 24.4. The second-order valence-corrected chi connectivity index (χ2v) is 5.97. The van der Waals surface area contributed by atoms with E-state index >= 15 is 0 Å². The molecule has 0 aliphatic carbocycles. The van der Waals surface area contributed by atoms with E-state index in [4.69, 9.17) is 4.52 Å². The highest BCUT2D eigenvalue weighted by atomic mass is 19.1. The van der Waals surface area contributed by atoms with Gasteiger partial charge in [0.15, 0.2) is 5.76 Å². The minimum absolute atomic E-state index is 0.271. The maximum atomic E-state index is 13.3. The maximum Gasteiger partial charge on any atom is 0.175 e. The summed E-state index contributed by atoms with van der Waals surface area (Å²) in [5, 5.41) is 4.29. The average Bonchev–Trinajstić information content (AvgIpc) is 3.09. The van der Waals surface area contributed by atoms with Gasteiger partial charge in [-0.25, -0.2) is 4.39 Å². The van der Waals surface area contributed by atoms with Gasteiger partial charge in [0.2, 0.25) is 0 Å². The first-order chi connectivity index (χ1) is 12.2. The predicted octanol–water partition coefficient (Wildman–Crippen LogP) is 6.12. The van der Waals surface area contributed by atoms with Gasteiger partial charge in [-0.3, -0.25) is 0 Å². The summed E-state index contributed by atoms with van der Waals surface area (Å²) >= 11 is 0. The van der Waals surface area contributed by atoms with E-state index in [1.165, 1.54) is 17.7 Å². The SMILES string of the molecule is Cc1ccc(-c2c(-c3ccc(F)cc3)noc2-c2ccccc2)cc1. The van der Waals surface area contributed by atoms with Crippen molar-refractivity contribution in [2.24, 2.45) is 0 Å². The molecule has 3 aromatic carbocycles. The Labute approximate surface area is 145 Å². The first kappa shape index (κ1) is 15.3. The van der Waals surface area contributed by atoms with Crippen molar-refractivity contribution >= 4 is 0 Å². The van der Waals surface area contributed by atoms with Gasteiger partial charge in [-0.05, 0) is 36.8 Å². The van der Waals surface area contributed by atoms with Crippen LogP contribution in [0.5, 0.6) is 0 Å². The van der Waals surface area contributed by atoms with E-state index in [0.717, 1.165) is 22.3 Å². The van der Waals surface area contributed by atoms with E-state index in [-0.39, 0.29) is 5.82 Å². The van der Waals surface area contributed by atoms with Gasteiger partial charge < -0.3 is 4.52 Å². The second-order valence-electron chi connectivity index (χ2n) is 5.97. The Balaban J connectivity index is 1.94. The van der Waals surface area contributed by atoms with Crippen molar-refractivity contribution in [1.82, 2.24) is 5.16 Å².